The molecule has 1 fully saturated rings. The zero-order chi connectivity index (χ0) is 17.7. The van der Waals surface area contributed by atoms with Gasteiger partial charge >= 0.3 is 6.09 Å². The standard InChI is InChI=1S/C18H28N2O4/c1-18(2,3)24-17(22)19-14-9-15(12-21)20(11-14)10-13-5-7-16(23-4)8-6-13/h5-8,14-15,21H,9-12H2,1-4H3,(H,19,22)/t14-,15-/m0/s1. The van der Waals surface area contributed by atoms with Crippen molar-refractivity contribution in [2.75, 3.05) is 20.3 Å². The van der Waals surface area contributed by atoms with E-state index in [-0.39, 0.29) is 18.7 Å². The molecule has 1 aromatic rings. The number of aliphatic hydroxyl groups is 1. The van der Waals surface area contributed by atoms with Gasteiger partial charge < -0.3 is 19.9 Å². The van der Waals surface area contributed by atoms with E-state index in [9.17, 15) is 9.90 Å². The molecule has 1 aromatic carbocycles. The van der Waals surface area contributed by atoms with Gasteiger partial charge in [-0.05, 0) is 44.9 Å². The summed E-state index contributed by atoms with van der Waals surface area (Å²) in [5.74, 6) is 0.823. The summed E-state index contributed by atoms with van der Waals surface area (Å²) in [5.41, 5.74) is 0.633. The average molecular weight is 336 g/mol. The number of aliphatic hydroxyl groups excluding tert-OH is 1. The lowest BCUT2D eigenvalue weighted by Gasteiger charge is -2.23. The van der Waals surface area contributed by atoms with Crippen molar-refractivity contribution in [3.63, 3.8) is 0 Å². The number of hydrogen-bond donors (Lipinski definition) is 2. The molecule has 0 aliphatic carbocycles. The quantitative estimate of drug-likeness (QED) is 0.862. The Bertz CT molecular complexity index is 539. The van der Waals surface area contributed by atoms with Crippen LogP contribution in [0.3, 0.4) is 0 Å². The predicted molar refractivity (Wildman–Crippen MR) is 92.1 cm³/mol. The molecular formula is C18H28N2O4. The van der Waals surface area contributed by atoms with Gasteiger partial charge in [0.05, 0.1) is 13.7 Å². The molecule has 1 amide bonds. The minimum absolute atomic E-state index is 0.0183. The fourth-order valence-corrected chi connectivity index (χ4v) is 2.91. The smallest absolute Gasteiger partial charge is 0.407 e. The molecule has 0 bridgehead atoms. The highest BCUT2D eigenvalue weighted by molar-refractivity contribution is 5.68. The number of carbonyl (C=O) groups excluding carboxylic acids is 1. The van der Waals surface area contributed by atoms with Crippen molar-refractivity contribution in [3.05, 3.63) is 29.8 Å². The maximum Gasteiger partial charge on any atom is 0.407 e. The summed E-state index contributed by atoms with van der Waals surface area (Å²) in [6, 6.07) is 7.90. The Balaban J connectivity index is 1.92. The number of likely N-dealkylation sites (tertiary alicyclic amines) is 1. The second-order valence-electron chi connectivity index (χ2n) is 7.19. The van der Waals surface area contributed by atoms with Gasteiger partial charge in [-0.15, -0.1) is 0 Å². The third-order valence-corrected chi connectivity index (χ3v) is 4.00. The molecule has 0 spiro atoms. The van der Waals surface area contributed by atoms with Gasteiger partial charge in [-0.25, -0.2) is 4.79 Å². The van der Waals surface area contributed by atoms with E-state index in [0.717, 1.165) is 17.9 Å². The summed E-state index contributed by atoms with van der Waals surface area (Å²) < 4.78 is 10.5. The fraction of sp³-hybridized carbons (Fsp3) is 0.611. The molecule has 0 radical (unpaired) electrons. The molecule has 0 saturated carbocycles. The highest BCUT2D eigenvalue weighted by Crippen LogP contribution is 2.22. The molecule has 0 aromatic heterocycles. The first kappa shape index (κ1) is 18.5. The first-order valence-corrected chi connectivity index (χ1v) is 8.28. The third kappa shape index (κ3) is 5.39. The molecule has 2 rings (SSSR count). The van der Waals surface area contributed by atoms with E-state index in [0.29, 0.717) is 13.0 Å². The highest BCUT2D eigenvalue weighted by Gasteiger charge is 2.33. The van der Waals surface area contributed by atoms with E-state index in [1.54, 1.807) is 7.11 Å². The SMILES string of the molecule is COc1ccc(CN2C[C@@H](NC(=O)OC(C)(C)C)C[C@H]2CO)cc1. The molecule has 6 nitrogen and oxygen atoms in total. The van der Waals surface area contributed by atoms with Gasteiger partial charge in [-0.1, -0.05) is 12.1 Å². The second-order valence-corrected chi connectivity index (χ2v) is 7.19. The Morgan fingerprint density at radius 2 is 2.00 bits per heavy atom. The summed E-state index contributed by atoms with van der Waals surface area (Å²) in [7, 11) is 1.64. The number of carbonyl (C=O) groups is 1. The minimum Gasteiger partial charge on any atom is -0.497 e. The van der Waals surface area contributed by atoms with Gasteiger partial charge in [-0.3, -0.25) is 4.90 Å². The highest BCUT2D eigenvalue weighted by atomic mass is 16.6. The van der Waals surface area contributed by atoms with Gasteiger partial charge in [0, 0.05) is 25.2 Å². The van der Waals surface area contributed by atoms with Crippen molar-refractivity contribution in [3.8, 4) is 5.75 Å². The number of methoxy groups -OCH3 is 1. The van der Waals surface area contributed by atoms with Crippen LogP contribution in [-0.2, 0) is 11.3 Å². The number of rotatable bonds is 5. The van der Waals surface area contributed by atoms with Crippen molar-refractivity contribution in [1.29, 1.82) is 0 Å². The van der Waals surface area contributed by atoms with Gasteiger partial charge in [-0.2, -0.15) is 0 Å². The van der Waals surface area contributed by atoms with Crippen LogP contribution >= 0.6 is 0 Å². The molecular weight excluding hydrogens is 308 g/mol. The average Bonchev–Trinajstić information content (AvgIpc) is 2.87. The number of nitrogens with one attached hydrogen (secondary N) is 1. The van der Waals surface area contributed by atoms with Crippen LogP contribution in [0.25, 0.3) is 0 Å². The van der Waals surface area contributed by atoms with Crippen LogP contribution in [0.2, 0.25) is 0 Å². The number of benzene rings is 1. The van der Waals surface area contributed by atoms with Crippen LogP contribution in [0, 0.1) is 0 Å². The maximum atomic E-state index is 11.9. The van der Waals surface area contributed by atoms with Crippen molar-refractivity contribution in [2.24, 2.45) is 0 Å². The Morgan fingerprint density at radius 1 is 1.33 bits per heavy atom. The molecule has 1 aliphatic heterocycles. The number of alkyl carbamates (subject to hydrolysis) is 1. The number of amides is 1. The van der Waals surface area contributed by atoms with Gasteiger partial charge in [0.1, 0.15) is 11.4 Å². The van der Waals surface area contributed by atoms with E-state index in [2.05, 4.69) is 10.2 Å². The molecule has 24 heavy (non-hydrogen) atoms. The van der Waals surface area contributed by atoms with Crippen LogP contribution in [0.1, 0.15) is 32.8 Å². The van der Waals surface area contributed by atoms with Gasteiger partial charge in [0.25, 0.3) is 0 Å². The zero-order valence-corrected chi connectivity index (χ0v) is 14.9. The zero-order valence-electron chi connectivity index (χ0n) is 14.9. The first-order valence-electron chi connectivity index (χ1n) is 8.28. The molecule has 2 N–H and O–H groups in total. The lowest BCUT2D eigenvalue weighted by Crippen LogP contribution is -2.40. The van der Waals surface area contributed by atoms with Crippen LogP contribution in [0.15, 0.2) is 24.3 Å². The number of ether oxygens (including phenoxy) is 2. The number of nitrogens with zero attached hydrogens (tertiary/aromatic N) is 1. The first-order chi connectivity index (χ1) is 11.3. The molecule has 0 unspecified atom stereocenters. The van der Waals surface area contributed by atoms with Crippen molar-refractivity contribution in [1.82, 2.24) is 10.2 Å². The lowest BCUT2D eigenvalue weighted by atomic mass is 10.1. The normalized spacial score (nSPS) is 21.5. The summed E-state index contributed by atoms with van der Waals surface area (Å²) in [6.07, 6.45) is 0.307. The Hall–Kier alpha value is -1.79. The predicted octanol–water partition coefficient (Wildman–Crippen LogP) is 2.16. The van der Waals surface area contributed by atoms with Crippen molar-refractivity contribution < 1.29 is 19.4 Å². The molecule has 1 saturated heterocycles. The van der Waals surface area contributed by atoms with Crippen LogP contribution in [0.5, 0.6) is 5.75 Å². The number of hydrogen-bond acceptors (Lipinski definition) is 5. The summed E-state index contributed by atoms with van der Waals surface area (Å²) in [6.45, 7) is 7.01. The molecule has 1 aliphatic rings. The van der Waals surface area contributed by atoms with E-state index < -0.39 is 11.7 Å². The van der Waals surface area contributed by atoms with E-state index >= 15 is 0 Å². The Labute approximate surface area is 143 Å². The van der Waals surface area contributed by atoms with Crippen LogP contribution in [-0.4, -0.2) is 54.0 Å². The molecule has 2 atom stereocenters. The van der Waals surface area contributed by atoms with Crippen LogP contribution in [0.4, 0.5) is 4.79 Å². The van der Waals surface area contributed by atoms with Crippen molar-refractivity contribution in [2.45, 2.75) is 51.4 Å². The van der Waals surface area contributed by atoms with Gasteiger partial charge in [0.15, 0.2) is 0 Å². The minimum atomic E-state index is -0.512. The second kappa shape index (κ2) is 7.85. The third-order valence-electron chi connectivity index (χ3n) is 4.00. The fourth-order valence-electron chi connectivity index (χ4n) is 2.91. The Morgan fingerprint density at radius 3 is 2.54 bits per heavy atom. The summed E-state index contributed by atoms with van der Waals surface area (Å²) in [4.78, 5) is 14.1. The van der Waals surface area contributed by atoms with Crippen LogP contribution < -0.4 is 10.1 Å². The van der Waals surface area contributed by atoms with Crippen molar-refractivity contribution >= 4 is 6.09 Å². The molecule has 1 heterocycles. The monoisotopic (exact) mass is 336 g/mol. The van der Waals surface area contributed by atoms with E-state index in [1.165, 1.54) is 0 Å². The van der Waals surface area contributed by atoms with Gasteiger partial charge in [0.2, 0.25) is 0 Å². The van der Waals surface area contributed by atoms with E-state index in [4.69, 9.17) is 9.47 Å². The largest absolute Gasteiger partial charge is 0.497 e. The topological polar surface area (TPSA) is 71.0 Å². The molecule has 134 valence electrons. The van der Waals surface area contributed by atoms with E-state index in [1.807, 2.05) is 45.0 Å². The summed E-state index contributed by atoms with van der Waals surface area (Å²) in [5, 5.41) is 12.5. The lowest BCUT2D eigenvalue weighted by molar-refractivity contribution is 0.0505. The molecule has 6 heteroatoms. The Kier molecular flexibility index (Phi) is 6.07. The maximum absolute atomic E-state index is 11.9. The summed E-state index contributed by atoms with van der Waals surface area (Å²) >= 11 is 0.